The van der Waals surface area contributed by atoms with E-state index in [-0.39, 0.29) is 22.9 Å². The lowest BCUT2D eigenvalue weighted by molar-refractivity contribution is -0.139. The van der Waals surface area contributed by atoms with Crippen molar-refractivity contribution in [3.8, 4) is 0 Å². The number of carboxylic acids is 1. The first-order valence-electron chi connectivity index (χ1n) is 5.58. The summed E-state index contributed by atoms with van der Waals surface area (Å²) in [6, 6.07) is 2.40. The summed E-state index contributed by atoms with van der Waals surface area (Å²) in [6.07, 6.45) is -0.304. The minimum absolute atomic E-state index is 0.0176. The third-order valence-corrected chi connectivity index (χ3v) is 3.11. The molecule has 0 spiro atoms. The van der Waals surface area contributed by atoms with Crippen LogP contribution in [0.15, 0.2) is 22.7 Å². The van der Waals surface area contributed by atoms with E-state index in [1.807, 2.05) is 0 Å². The Kier molecular flexibility index (Phi) is 5.63. The van der Waals surface area contributed by atoms with Crippen LogP contribution in [0, 0.1) is 5.82 Å². The quantitative estimate of drug-likeness (QED) is 0.714. The van der Waals surface area contributed by atoms with Crippen LogP contribution in [0.1, 0.15) is 23.2 Å². The topological polar surface area (TPSA) is 109 Å². The second-order valence-electron chi connectivity index (χ2n) is 4.00. The number of carboxylic acid groups (broad SMARTS) is 1. The van der Waals surface area contributed by atoms with E-state index < -0.39 is 29.6 Å². The molecule has 1 rings (SSSR count). The Labute approximate surface area is 122 Å². The molecule has 1 aromatic carbocycles. The molecule has 2 amide bonds. The van der Waals surface area contributed by atoms with Gasteiger partial charge in [-0.1, -0.05) is 0 Å². The molecule has 1 atom stereocenters. The van der Waals surface area contributed by atoms with Crippen LogP contribution in [0.25, 0.3) is 0 Å². The minimum atomic E-state index is -1.29. The molecular weight excluding hydrogens is 335 g/mol. The van der Waals surface area contributed by atoms with E-state index in [9.17, 15) is 18.8 Å². The Bertz CT molecular complexity index is 550. The van der Waals surface area contributed by atoms with Crippen LogP contribution in [-0.2, 0) is 9.59 Å². The Morgan fingerprint density at radius 3 is 2.55 bits per heavy atom. The van der Waals surface area contributed by atoms with Crippen LogP contribution in [0.4, 0.5) is 4.39 Å². The number of aliphatic carboxylic acids is 1. The molecule has 0 bridgehead atoms. The van der Waals surface area contributed by atoms with Crippen LogP contribution in [0.2, 0.25) is 0 Å². The molecule has 0 aromatic heterocycles. The van der Waals surface area contributed by atoms with Gasteiger partial charge < -0.3 is 16.2 Å². The van der Waals surface area contributed by atoms with E-state index in [1.54, 1.807) is 0 Å². The maximum atomic E-state index is 13.3. The van der Waals surface area contributed by atoms with Gasteiger partial charge in [0.2, 0.25) is 5.91 Å². The predicted molar refractivity (Wildman–Crippen MR) is 71.4 cm³/mol. The van der Waals surface area contributed by atoms with E-state index in [0.29, 0.717) is 0 Å². The molecule has 0 radical (unpaired) electrons. The van der Waals surface area contributed by atoms with E-state index >= 15 is 0 Å². The number of nitrogens with two attached hydrogens (primary N) is 1. The fourth-order valence-electron chi connectivity index (χ4n) is 1.42. The van der Waals surface area contributed by atoms with Crippen molar-refractivity contribution in [2.45, 2.75) is 18.9 Å². The third kappa shape index (κ3) is 4.61. The fraction of sp³-hybridized carbons (Fsp3) is 0.250. The number of primary amides is 1. The molecule has 6 nitrogen and oxygen atoms in total. The summed E-state index contributed by atoms with van der Waals surface area (Å²) in [5, 5.41) is 11.1. The number of carbonyl (C=O) groups excluding carboxylic acids is 2. The van der Waals surface area contributed by atoms with E-state index in [0.717, 1.165) is 6.07 Å². The van der Waals surface area contributed by atoms with Crippen molar-refractivity contribution in [3.63, 3.8) is 0 Å². The zero-order valence-corrected chi connectivity index (χ0v) is 11.8. The number of benzene rings is 1. The molecule has 20 heavy (non-hydrogen) atoms. The number of halogens is 2. The second-order valence-corrected chi connectivity index (χ2v) is 4.85. The molecule has 0 aliphatic carbocycles. The molecule has 0 aliphatic rings. The molecule has 4 N–H and O–H groups in total. The average Bonchev–Trinajstić information content (AvgIpc) is 2.36. The van der Waals surface area contributed by atoms with Gasteiger partial charge in [-0.15, -0.1) is 0 Å². The van der Waals surface area contributed by atoms with Crippen molar-refractivity contribution >= 4 is 33.7 Å². The summed E-state index contributed by atoms with van der Waals surface area (Å²) in [5.41, 5.74) is 4.90. The smallest absolute Gasteiger partial charge is 0.326 e. The summed E-state index contributed by atoms with van der Waals surface area (Å²) >= 11 is 2.94. The van der Waals surface area contributed by atoms with Gasteiger partial charge in [-0.2, -0.15) is 0 Å². The number of hydrogen-bond acceptors (Lipinski definition) is 3. The second kappa shape index (κ2) is 6.99. The predicted octanol–water partition coefficient (Wildman–Crippen LogP) is 1.04. The monoisotopic (exact) mass is 346 g/mol. The Hall–Kier alpha value is -1.96. The van der Waals surface area contributed by atoms with Crippen molar-refractivity contribution < 1.29 is 23.9 Å². The molecule has 0 heterocycles. The Balaban J connectivity index is 2.77. The largest absolute Gasteiger partial charge is 0.480 e. The van der Waals surface area contributed by atoms with Crippen LogP contribution in [0.5, 0.6) is 0 Å². The molecular formula is C12H12BrFN2O4. The van der Waals surface area contributed by atoms with Gasteiger partial charge in [-0.05, 0) is 40.5 Å². The standard InChI is InChI=1S/C12H12BrFN2O4/c13-7-2-1-6(5-8(7)14)11(18)16-9(12(19)20)3-4-10(15)17/h1-2,5,9H,3-4H2,(H2,15,17)(H,16,18)(H,19,20)/t9-/m0/s1. The molecule has 0 saturated heterocycles. The van der Waals surface area contributed by atoms with E-state index in [1.165, 1.54) is 12.1 Å². The molecule has 0 saturated carbocycles. The SMILES string of the molecule is NC(=O)CC[C@H](NC(=O)c1ccc(Br)c(F)c1)C(=O)O. The molecule has 8 heteroatoms. The number of carbonyl (C=O) groups is 3. The number of amides is 2. The van der Waals surface area contributed by atoms with Gasteiger partial charge >= 0.3 is 5.97 Å². The highest BCUT2D eigenvalue weighted by Crippen LogP contribution is 2.16. The first-order chi connectivity index (χ1) is 9.31. The van der Waals surface area contributed by atoms with Gasteiger partial charge in [-0.3, -0.25) is 9.59 Å². The van der Waals surface area contributed by atoms with Gasteiger partial charge in [0, 0.05) is 12.0 Å². The van der Waals surface area contributed by atoms with Gasteiger partial charge in [0.25, 0.3) is 5.91 Å². The lowest BCUT2D eigenvalue weighted by Gasteiger charge is -2.13. The normalized spacial score (nSPS) is 11.7. The van der Waals surface area contributed by atoms with Crippen molar-refractivity contribution in [1.82, 2.24) is 5.32 Å². The van der Waals surface area contributed by atoms with Crippen molar-refractivity contribution in [3.05, 3.63) is 34.1 Å². The maximum Gasteiger partial charge on any atom is 0.326 e. The zero-order chi connectivity index (χ0) is 15.3. The molecule has 1 aromatic rings. The molecule has 0 unspecified atom stereocenters. The molecule has 108 valence electrons. The summed E-state index contributed by atoms with van der Waals surface area (Å²) in [5.74, 6) is -3.34. The Morgan fingerprint density at radius 2 is 2.05 bits per heavy atom. The van der Waals surface area contributed by atoms with Crippen LogP contribution in [-0.4, -0.2) is 28.9 Å². The zero-order valence-electron chi connectivity index (χ0n) is 10.2. The van der Waals surface area contributed by atoms with E-state index in [4.69, 9.17) is 10.8 Å². The molecule has 0 aliphatic heterocycles. The average molecular weight is 347 g/mol. The fourth-order valence-corrected chi connectivity index (χ4v) is 1.67. The van der Waals surface area contributed by atoms with Crippen LogP contribution >= 0.6 is 15.9 Å². The summed E-state index contributed by atoms with van der Waals surface area (Å²) in [4.78, 5) is 33.4. The van der Waals surface area contributed by atoms with Crippen LogP contribution < -0.4 is 11.1 Å². The number of nitrogens with one attached hydrogen (secondary N) is 1. The maximum absolute atomic E-state index is 13.3. The lowest BCUT2D eigenvalue weighted by Crippen LogP contribution is -2.41. The molecule has 0 fully saturated rings. The summed E-state index contributed by atoms with van der Waals surface area (Å²) in [7, 11) is 0. The highest BCUT2D eigenvalue weighted by molar-refractivity contribution is 9.10. The van der Waals surface area contributed by atoms with Crippen molar-refractivity contribution in [2.24, 2.45) is 5.73 Å². The summed E-state index contributed by atoms with van der Waals surface area (Å²) in [6.45, 7) is 0. The van der Waals surface area contributed by atoms with Gasteiger partial charge in [0.05, 0.1) is 4.47 Å². The third-order valence-electron chi connectivity index (χ3n) is 2.46. The number of rotatable bonds is 6. The summed E-state index contributed by atoms with van der Waals surface area (Å²) < 4.78 is 13.5. The first kappa shape index (κ1) is 16.1. The van der Waals surface area contributed by atoms with E-state index in [2.05, 4.69) is 21.2 Å². The van der Waals surface area contributed by atoms with Gasteiger partial charge in [-0.25, -0.2) is 9.18 Å². The van der Waals surface area contributed by atoms with Gasteiger partial charge in [0.15, 0.2) is 0 Å². The van der Waals surface area contributed by atoms with Crippen LogP contribution in [0.3, 0.4) is 0 Å². The highest BCUT2D eigenvalue weighted by atomic mass is 79.9. The number of hydrogen-bond donors (Lipinski definition) is 3. The highest BCUT2D eigenvalue weighted by Gasteiger charge is 2.21. The van der Waals surface area contributed by atoms with Crippen molar-refractivity contribution in [2.75, 3.05) is 0 Å². The Morgan fingerprint density at radius 1 is 1.40 bits per heavy atom. The first-order valence-corrected chi connectivity index (χ1v) is 6.37. The van der Waals surface area contributed by atoms with Gasteiger partial charge in [0.1, 0.15) is 11.9 Å². The van der Waals surface area contributed by atoms with Crippen molar-refractivity contribution in [1.29, 1.82) is 0 Å². The minimum Gasteiger partial charge on any atom is -0.480 e. The lowest BCUT2D eigenvalue weighted by atomic mass is 10.1.